The number of benzene rings is 2. The Morgan fingerprint density at radius 3 is 2.21 bits per heavy atom. The molecule has 3 rings (SSSR count). The van der Waals surface area contributed by atoms with Crippen LogP contribution < -0.4 is 9.64 Å². The van der Waals surface area contributed by atoms with Crippen LogP contribution in [0.1, 0.15) is 26.3 Å². The van der Waals surface area contributed by atoms with Gasteiger partial charge in [-0.05, 0) is 35.2 Å². The number of rotatable bonds is 6. The largest absolute Gasteiger partial charge is 0.491 e. The van der Waals surface area contributed by atoms with Crippen LogP contribution in [0.5, 0.6) is 5.75 Å². The van der Waals surface area contributed by atoms with E-state index in [-0.39, 0.29) is 30.2 Å². The Morgan fingerprint density at radius 1 is 1.00 bits per heavy atom. The summed E-state index contributed by atoms with van der Waals surface area (Å²) in [6.07, 6.45) is -0.553. The lowest BCUT2D eigenvalue weighted by Crippen LogP contribution is -2.49. The Bertz CT molecular complexity index is 756. The third-order valence-corrected chi connectivity index (χ3v) is 5.20. The summed E-state index contributed by atoms with van der Waals surface area (Å²) in [6, 6.07) is 15.0. The van der Waals surface area contributed by atoms with E-state index in [1.54, 1.807) is 6.07 Å². The first-order valence-corrected chi connectivity index (χ1v) is 9.96. The van der Waals surface area contributed by atoms with Crippen LogP contribution in [0.15, 0.2) is 48.5 Å². The van der Waals surface area contributed by atoms with Crippen molar-refractivity contribution >= 4 is 18.1 Å². The Morgan fingerprint density at radius 2 is 1.62 bits per heavy atom. The molecule has 0 aliphatic carbocycles. The van der Waals surface area contributed by atoms with Crippen molar-refractivity contribution in [1.29, 1.82) is 0 Å². The van der Waals surface area contributed by atoms with Gasteiger partial charge in [-0.1, -0.05) is 45.0 Å². The summed E-state index contributed by atoms with van der Waals surface area (Å²) in [6.45, 7) is 10.5. The van der Waals surface area contributed by atoms with Gasteiger partial charge in [0.2, 0.25) is 0 Å². The maximum Gasteiger partial charge on any atom is 0.146 e. The second-order valence-corrected chi connectivity index (χ2v) is 8.48. The monoisotopic (exact) mass is 422 g/mol. The van der Waals surface area contributed by atoms with Gasteiger partial charge in [0.1, 0.15) is 24.3 Å². The molecule has 1 aliphatic rings. The third kappa shape index (κ3) is 6.59. The third-order valence-electron chi connectivity index (χ3n) is 5.20. The van der Waals surface area contributed by atoms with Gasteiger partial charge < -0.3 is 14.7 Å². The molecule has 1 saturated heterocycles. The van der Waals surface area contributed by atoms with Gasteiger partial charge in [-0.25, -0.2) is 4.39 Å². The number of ether oxygens (including phenoxy) is 1. The highest BCUT2D eigenvalue weighted by Crippen LogP contribution is 2.24. The van der Waals surface area contributed by atoms with E-state index in [1.807, 2.05) is 24.3 Å². The standard InChI is InChI=1S/C23H31FN2O2.ClH/c1-23(2,3)18-8-10-20(11-9-18)28-17-19(27)16-25-12-14-26(15-13-25)22-7-5-4-6-21(22)24;/h4-11,19,27H,12-17H2,1-3H3;1H. The van der Waals surface area contributed by atoms with Crippen LogP contribution >= 0.6 is 12.4 Å². The Hall–Kier alpha value is -1.82. The molecule has 0 spiro atoms. The number of aliphatic hydroxyl groups is 1. The maximum absolute atomic E-state index is 13.9. The highest BCUT2D eigenvalue weighted by molar-refractivity contribution is 5.85. The highest BCUT2D eigenvalue weighted by Gasteiger charge is 2.21. The second-order valence-electron chi connectivity index (χ2n) is 8.48. The molecule has 2 aromatic rings. The molecule has 0 aromatic heterocycles. The number of piperazine rings is 1. The summed E-state index contributed by atoms with van der Waals surface area (Å²) < 4.78 is 19.7. The minimum Gasteiger partial charge on any atom is -0.491 e. The molecular formula is C23H32ClFN2O2. The van der Waals surface area contributed by atoms with E-state index in [0.717, 1.165) is 31.9 Å². The molecule has 1 unspecified atom stereocenters. The summed E-state index contributed by atoms with van der Waals surface area (Å²) in [4.78, 5) is 4.26. The van der Waals surface area contributed by atoms with Crippen LogP contribution in [-0.4, -0.2) is 55.4 Å². The normalized spacial score (nSPS) is 16.2. The number of hydrogen-bond acceptors (Lipinski definition) is 4. The van der Waals surface area contributed by atoms with Crippen molar-refractivity contribution in [2.24, 2.45) is 0 Å². The Balaban J connectivity index is 0.00000300. The minimum absolute atomic E-state index is 0. The molecule has 2 aromatic carbocycles. The van der Waals surface area contributed by atoms with Crippen molar-refractivity contribution in [2.75, 3.05) is 44.2 Å². The van der Waals surface area contributed by atoms with Crippen molar-refractivity contribution in [1.82, 2.24) is 4.90 Å². The van der Waals surface area contributed by atoms with Crippen molar-refractivity contribution in [3.8, 4) is 5.75 Å². The molecule has 1 N–H and O–H groups in total. The molecule has 1 atom stereocenters. The topological polar surface area (TPSA) is 35.9 Å². The number of aliphatic hydroxyl groups excluding tert-OH is 1. The van der Waals surface area contributed by atoms with Crippen molar-refractivity contribution < 1.29 is 14.2 Å². The Labute approximate surface area is 179 Å². The van der Waals surface area contributed by atoms with Crippen molar-refractivity contribution in [3.63, 3.8) is 0 Å². The molecule has 0 bridgehead atoms. The summed E-state index contributed by atoms with van der Waals surface area (Å²) in [7, 11) is 0. The minimum atomic E-state index is -0.553. The van der Waals surface area contributed by atoms with Crippen LogP contribution in [-0.2, 0) is 5.41 Å². The molecule has 160 valence electrons. The first kappa shape index (κ1) is 23.5. The fraction of sp³-hybridized carbons (Fsp3) is 0.478. The number of hydrogen-bond donors (Lipinski definition) is 1. The van der Waals surface area contributed by atoms with Gasteiger partial charge in [0.25, 0.3) is 0 Å². The lowest BCUT2D eigenvalue weighted by molar-refractivity contribution is 0.0662. The first-order chi connectivity index (χ1) is 13.3. The molecule has 1 heterocycles. The SMILES string of the molecule is CC(C)(C)c1ccc(OCC(O)CN2CCN(c3ccccc3F)CC2)cc1.Cl. The van der Waals surface area contributed by atoms with Gasteiger partial charge in [-0.15, -0.1) is 12.4 Å². The van der Waals surface area contributed by atoms with E-state index in [1.165, 1.54) is 11.6 Å². The zero-order valence-corrected chi connectivity index (χ0v) is 18.3. The molecule has 0 amide bonds. The van der Waals surface area contributed by atoms with Gasteiger partial charge in [0.15, 0.2) is 0 Å². The molecular weight excluding hydrogens is 391 g/mol. The lowest BCUT2D eigenvalue weighted by atomic mass is 9.87. The summed E-state index contributed by atoms with van der Waals surface area (Å²) >= 11 is 0. The van der Waals surface area contributed by atoms with E-state index in [4.69, 9.17) is 4.74 Å². The predicted octanol–water partition coefficient (Wildman–Crippen LogP) is 4.11. The number of nitrogens with zero attached hydrogens (tertiary/aromatic N) is 2. The zero-order valence-electron chi connectivity index (χ0n) is 17.5. The molecule has 1 aliphatic heterocycles. The lowest BCUT2D eigenvalue weighted by Gasteiger charge is -2.36. The molecule has 4 nitrogen and oxygen atoms in total. The summed E-state index contributed by atoms with van der Waals surface area (Å²) in [5.74, 6) is 0.596. The Kier molecular flexibility index (Phi) is 8.32. The van der Waals surface area contributed by atoms with Crippen LogP contribution in [0.25, 0.3) is 0 Å². The molecule has 0 radical (unpaired) electrons. The average Bonchev–Trinajstić information content (AvgIpc) is 2.67. The van der Waals surface area contributed by atoms with Gasteiger partial charge >= 0.3 is 0 Å². The second kappa shape index (κ2) is 10.3. The first-order valence-electron chi connectivity index (χ1n) is 9.96. The zero-order chi connectivity index (χ0) is 20.1. The van der Waals surface area contributed by atoms with Crippen molar-refractivity contribution in [3.05, 3.63) is 59.9 Å². The van der Waals surface area contributed by atoms with Crippen LogP contribution in [0, 0.1) is 5.82 Å². The molecule has 6 heteroatoms. The smallest absolute Gasteiger partial charge is 0.146 e. The average molecular weight is 423 g/mol. The molecule has 1 fully saturated rings. The maximum atomic E-state index is 13.9. The fourth-order valence-electron chi connectivity index (χ4n) is 3.47. The van der Waals surface area contributed by atoms with Crippen molar-refractivity contribution in [2.45, 2.75) is 32.3 Å². The van der Waals surface area contributed by atoms with Crippen LogP contribution in [0.4, 0.5) is 10.1 Å². The van der Waals surface area contributed by atoms with Gasteiger partial charge in [-0.2, -0.15) is 0 Å². The summed E-state index contributed by atoms with van der Waals surface area (Å²) in [5, 5.41) is 10.3. The van der Waals surface area contributed by atoms with Gasteiger partial charge in [-0.3, -0.25) is 4.90 Å². The quantitative estimate of drug-likeness (QED) is 0.760. The van der Waals surface area contributed by atoms with E-state index >= 15 is 0 Å². The van der Waals surface area contributed by atoms with Gasteiger partial charge in [0.05, 0.1) is 5.69 Å². The van der Waals surface area contributed by atoms with E-state index in [2.05, 4.69) is 42.7 Å². The number of β-amino-alcohol motifs (C(OH)–C–C–N with tert-alkyl or cyclic N) is 1. The predicted molar refractivity (Wildman–Crippen MR) is 119 cm³/mol. The number of para-hydroxylation sites is 1. The van der Waals surface area contributed by atoms with Crippen LogP contribution in [0.2, 0.25) is 0 Å². The highest BCUT2D eigenvalue weighted by atomic mass is 35.5. The van der Waals surface area contributed by atoms with E-state index in [9.17, 15) is 9.50 Å². The number of halogens is 2. The molecule has 0 saturated carbocycles. The summed E-state index contributed by atoms with van der Waals surface area (Å²) in [5.41, 5.74) is 2.03. The van der Waals surface area contributed by atoms with E-state index < -0.39 is 6.10 Å². The van der Waals surface area contributed by atoms with Crippen LogP contribution in [0.3, 0.4) is 0 Å². The molecule has 29 heavy (non-hydrogen) atoms. The van der Waals surface area contributed by atoms with E-state index in [0.29, 0.717) is 12.2 Å². The number of anilines is 1. The fourth-order valence-corrected chi connectivity index (χ4v) is 3.47. The van der Waals surface area contributed by atoms with Gasteiger partial charge in [0, 0.05) is 32.7 Å².